The lowest BCUT2D eigenvalue weighted by atomic mass is 9.94. The summed E-state index contributed by atoms with van der Waals surface area (Å²) in [5.74, 6) is 2.46. The average molecular weight is 440 g/mol. The summed E-state index contributed by atoms with van der Waals surface area (Å²) >= 11 is 0. The van der Waals surface area contributed by atoms with Crippen molar-refractivity contribution in [3.8, 4) is 0 Å². The van der Waals surface area contributed by atoms with Crippen LogP contribution in [-0.4, -0.2) is 64.3 Å². The molecule has 1 saturated heterocycles. The monoisotopic (exact) mass is 440 g/mol. The Balaban J connectivity index is 0.00000484. The molecule has 0 aromatic rings. The van der Waals surface area contributed by atoms with Gasteiger partial charge < -0.3 is 20.3 Å². The Hall–Kier alpha value is -0.0800. The van der Waals surface area contributed by atoms with E-state index in [4.69, 9.17) is 4.74 Å². The average Bonchev–Trinajstić information content (AvgIpc) is 2.50. The standard InChI is InChI=1S/C17H36N4O.HI/c1-15(2)8-13-22-14-10-20-17(18-3)19-9-5-16-6-11-21(4)12-7-16;/h15-16H,5-14H2,1-4H3,(H2,18,19,20);1H. The Morgan fingerprint density at radius 3 is 2.43 bits per heavy atom. The molecule has 23 heavy (non-hydrogen) atoms. The minimum absolute atomic E-state index is 0. The first-order chi connectivity index (χ1) is 10.6. The number of hydrogen-bond donors (Lipinski definition) is 2. The first-order valence-electron chi connectivity index (χ1n) is 8.82. The van der Waals surface area contributed by atoms with Crippen molar-refractivity contribution in [1.82, 2.24) is 15.5 Å². The minimum atomic E-state index is 0. The number of aliphatic imine (C=N–C) groups is 1. The molecule has 2 N–H and O–H groups in total. The van der Waals surface area contributed by atoms with Crippen LogP contribution in [0.4, 0.5) is 0 Å². The fourth-order valence-electron chi connectivity index (χ4n) is 2.63. The third-order valence-corrected chi connectivity index (χ3v) is 4.29. The summed E-state index contributed by atoms with van der Waals surface area (Å²) in [5, 5.41) is 6.71. The fraction of sp³-hybridized carbons (Fsp3) is 0.941. The van der Waals surface area contributed by atoms with Crippen molar-refractivity contribution in [3.05, 3.63) is 0 Å². The van der Waals surface area contributed by atoms with Gasteiger partial charge in [-0.15, -0.1) is 24.0 Å². The van der Waals surface area contributed by atoms with Crippen LogP contribution in [0.3, 0.4) is 0 Å². The third-order valence-electron chi connectivity index (χ3n) is 4.29. The van der Waals surface area contributed by atoms with E-state index in [1.165, 1.54) is 32.4 Å². The second-order valence-corrected chi connectivity index (χ2v) is 6.76. The van der Waals surface area contributed by atoms with Crippen LogP contribution in [0.2, 0.25) is 0 Å². The Morgan fingerprint density at radius 1 is 1.17 bits per heavy atom. The van der Waals surface area contributed by atoms with Gasteiger partial charge in [0.15, 0.2) is 5.96 Å². The predicted molar refractivity (Wildman–Crippen MR) is 110 cm³/mol. The molecule has 1 fully saturated rings. The van der Waals surface area contributed by atoms with E-state index in [1.54, 1.807) is 0 Å². The van der Waals surface area contributed by atoms with Crippen LogP contribution in [0.1, 0.15) is 39.5 Å². The van der Waals surface area contributed by atoms with Crippen LogP contribution in [0, 0.1) is 11.8 Å². The topological polar surface area (TPSA) is 48.9 Å². The number of rotatable bonds is 9. The molecule has 1 aliphatic heterocycles. The highest BCUT2D eigenvalue weighted by Gasteiger charge is 2.16. The van der Waals surface area contributed by atoms with Gasteiger partial charge in [-0.2, -0.15) is 0 Å². The van der Waals surface area contributed by atoms with Gasteiger partial charge in [0, 0.05) is 26.7 Å². The Labute approximate surface area is 160 Å². The van der Waals surface area contributed by atoms with Crippen LogP contribution in [0.25, 0.3) is 0 Å². The number of piperidine rings is 1. The number of likely N-dealkylation sites (tertiary alicyclic amines) is 1. The summed E-state index contributed by atoms with van der Waals surface area (Å²) < 4.78 is 5.60. The Kier molecular flexibility index (Phi) is 14.2. The van der Waals surface area contributed by atoms with Crippen molar-refractivity contribution < 1.29 is 4.74 Å². The molecule has 0 amide bonds. The van der Waals surface area contributed by atoms with E-state index >= 15 is 0 Å². The molecule has 0 aliphatic carbocycles. The van der Waals surface area contributed by atoms with Crippen LogP contribution >= 0.6 is 24.0 Å². The van der Waals surface area contributed by atoms with E-state index in [-0.39, 0.29) is 24.0 Å². The van der Waals surface area contributed by atoms with E-state index < -0.39 is 0 Å². The number of nitrogens with zero attached hydrogens (tertiary/aromatic N) is 2. The number of hydrogen-bond acceptors (Lipinski definition) is 3. The number of nitrogens with one attached hydrogen (secondary N) is 2. The van der Waals surface area contributed by atoms with Crippen molar-refractivity contribution >= 4 is 29.9 Å². The normalized spacial score (nSPS) is 17.2. The first kappa shape index (κ1) is 22.9. The molecule has 1 aliphatic rings. The van der Waals surface area contributed by atoms with E-state index in [2.05, 4.69) is 41.4 Å². The SMILES string of the molecule is CN=C(NCCOCCC(C)C)NCCC1CCN(C)CC1.I. The number of guanidine groups is 1. The maximum Gasteiger partial charge on any atom is 0.191 e. The quantitative estimate of drug-likeness (QED) is 0.251. The zero-order valence-corrected chi connectivity index (χ0v) is 17.8. The zero-order chi connectivity index (χ0) is 16.2. The molecule has 0 aromatic heterocycles. The van der Waals surface area contributed by atoms with Crippen molar-refractivity contribution in [2.75, 3.05) is 53.5 Å². The van der Waals surface area contributed by atoms with Gasteiger partial charge in [-0.05, 0) is 57.7 Å². The molecule has 1 rings (SSSR count). The van der Waals surface area contributed by atoms with Crippen LogP contribution in [0.5, 0.6) is 0 Å². The third kappa shape index (κ3) is 12.0. The molecular weight excluding hydrogens is 403 g/mol. The summed E-state index contributed by atoms with van der Waals surface area (Å²) in [6, 6.07) is 0. The highest BCUT2D eigenvalue weighted by Crippen LogP contribution is 2.18. The van der Waals surface area contributed by atoms with Crippen LogP contribution in [-0.2, 0) is 4.74 Å². The van der Waals surface area contributed by atoms with E-state index in [1.807, 2.05) is 7.05 Å². The highest BCUT2D eigenvalue weighted by atomic mass is 127. The summed E-state index contributed by atoms with van der Waals surface area (Å²) in [6.07, 6.45) is 5.02. The van der Waals surface area contributed by atoms with Gasteiger partial charge in [-0.3, -0.25) is 4.99 Å². The first-order valence-corrected chi connectivity index (χ1v) is 8.82. The van der Waals surface area contributed by atoms with Gasteiger partial charge >= 0.3 is 0 Å². The molecule has 0 radical (unpaired) electrons. The summed E-state index contributed by atoms with van der Waals surface area (Å²) in [6.45, 7) is 10.3. The lowest BCUT2D eigenvalue weighted by Crippen LogP contribution is -2.40. The van der Waals surface area contributed by atoms with E-state index in [9.17, 15) is 0 Å². The number of ether oxygens (including phenoxy) is 1. The van der Waals surface area contributed by atoms with Gasteiger partial charge in [0.1, 0.15) is 0 Å². The van der Waals surface area contributed by atoms with Gasteiger partial charge in [0.25, 0.3) is 0 Å². The summed E-state index contributed by atoms with van der Waals surface area (Å²) in [5.41, 5.74) is 0. The molecule has 0 saturated carbocycles. The second-order valence-electron chi connectivity index (χ2n) is 6.76. The molecule has 1 heterocycles. The minimum Gasteiger partial charge on any atom is -0.380 e. The van der Waals surface area contributed by atoms with Crippen molar-refractivity contribution in [2.24, 2.45) is 16.8 Å². The Bertz CT molecular complexity index is 305. The molecule has 138 valence electrons. The molecule has 0 unspecified atom stereocenters. The van der Waals surface area contributed by atoms with Crippen LogP contribution in [0.15, 0.2) is 4.99 Å². The largest absolute Gasteiger partial charge is 0.380 e. The van der Waals surface area contributed by atoms with E-state index in [0.717, 1.165) is 44.6 Å². The molecule has 5 nitrogen and oxygen atoms in total. The molecule has 6 heteroatoms. The fourth-order valence-corrected chi connectivity index (χ4v) is 2.63. The highest BCUT2D eigenvalue weighted by molar-refractivity contribution is 14.0. The van der Waals surface area contributed by atoms with E-state index in [0.29, 0.717) is 5.92 Å². The van der Waals surface area contributed by atoms with Gasteiger partial charge in [-0.25, -0.2) is 0 Å². The molecule has 0 spiro atoms. The zero-order valence-electron chi connectivity index (χ0n) is 15.4. The smallest absolute Gasteiger partial charge is 0.191 e. The molecule has 0 aromatic carbocycles. The summed E-state index contributed by atoms with van der Waals surface area (Å²) in [4.78, 5) is 6.68. The van der Waals surface area contributed by atoms with Gasteiger partial charge in [0.05, 0.1) is 6.61 Å². The lowest BCUT2D eigenvalue weighted by molar-refractivity contribution is 0.128. The molecule has 0 atom stereocenters. The molecular formula is C17H37IN4O. The molecule has 0 bridgehead atoms. The van der Waals surface area contributed by atoms with Crippen molar-refractivity contribution in [1.29, 1.82) is 0 Å². The maximum atomic E-state index is 5.60. The number of halogens is 1. The summed E-state index contributed by atoms with van der Waals surface area (Å²) in [7, 11) is 4.04. The van der Waals surface area contributed by atoms with Crippen LogP contribution < -0.4 is 10.6 Å². The van der Waals surface area contributed by atoms with Crippen molar-refractivity contribution in [2.45, 2.75) is 39.5 Å². The predicted octanol–water partition coefficient (Wildman–Crippen LogP) is 2.56. The lowest BCUT2D eigenvalue weighted by Gasteiger charge is -2.29. The second kappa shape index (κ2) is 14.3. The van der Waals surface area contributed by atoms with Crippen molar-refractivity contribution in [3.63, 3.8) is 0 Å². The van der Waals surface area contributed by atoms with Gasteiger partial charge in [-0.1, -0.05) is 13.8 Å². The Morgan fingerprint density at radius 2 is 1.83 bits per heavy atom. The maximum absolute atomic E-state index is 5.60. The van der Waals surface area contributed by atoms with Gasteiger partial charge in [0.2, 0.25) is 0 Å².